The van der Waals surface area contributed by atoms with Crippen molar-refractivity contribution in [3.05, 3.63) is 12.7 Å². The summed E-state index contributed by atoms with van der Waals surface area (Å²) >= 11 is 0. The molecule has 1 rings (SSSR count). The fourth-order valence-corrected chi connectivity index (χ4v) is 2.78. The summed E-state index contributed by atoms with van der Waals surface area (Å²) in [7, 11) is 1.85. The first kappa shape index (κ1) is 14.7. The van der Waals surface area contributed by atoms with Gasteiger partial charge in [0.25, 0.3) is 0 Å². The molecule has 2 nitrogen and oxygen atoms in total. The smallest absolute Gasteiger partial charge is 0.0866 e. The van der Waals surface area contributed by atoms with E-state index in [0.717, 1.165) is 25.8 Å². The monoisotopic (exact) mass is 239 g/mol. The molecule has 0 aromatic carbocycles. The Morgan fingerprint density at radius 3 is 2.29 bits per heavy atom. The third kappa shape index (κ3) is 3.56. The second-order valence-electron chi connectivity index (χ2n) is 6.10. The van der Waals surface area contributed by atoms with Crippen molar-refractivity contribution < 1.29 is 4.74 Å². The predicted molar refractivity (Wildman–Crippen MR) is 74.3 cm³/mol. The van der Waals surface area contributed by atoms with Crippen LogP contribution in [0.4, 0.5) is 0 Å². The highest BCUT2D eigenvalue weighted by Gasteiger charge is 2.42. The second kappa shape index (κ2) is 6.01. The van der Waals surface area contributed by atoms with Crippen LogP contribution in [0.1, 0.15) is 52.9 Å². The third-order valence-corrected chi connectivity index (χ3v) is 4.27. The van der Waals surface area contributed by atoms with Gasteiger partial charge in [0.2, 0.25) is 0 Å². The molecule has 1 aliphatic rings. The molecule has 0 bridgehead atoms. The molecule has 0 aromatic heterocycles. The predicted octanol–water partition coefficient (Wildman–Crippen LogP) is 3.53. The lowest BCUT2D eigenvalue weighted by atomic mass is 9.68. The highest BCUT2D eigenvalue weighted by molar-refractivity contribution is 5.05. The maximum Gasteiger partial charge on any atom is 0.0866 e. The molecule has 1 unspecified atom stereocenters. The summed E-state index contributed by atoms with van der Waals surface area (Å²) in [6.45, 7) is 11.9. The minimum absolute atomic E-state index is 0.0353. The van der Waals surface area contributed by atoms with E-state index in [-0.39, 0.29) is 11.6 Å². The zero-order chi connectivity index (χ0) is 12.9. The number of hydrogen-bond acceptors (Lipinski definition) is 2. The van der Waals surface area contributed by atoms with E-state index in [1.165, 1.54) is 12.8 Å². The van der Waals surface area contributed by atoms with Gasteiger partial charge in [-0.05, 0) is 44.1 Å². The van der Waals surface area contributed by atoms with Crippen molar-refractivity contribution in [2.45, 2.75) is 64.5 Å². The molecular formula is C15H29NO. The van der Waals surface area contributed by atoms with E-state index in [2.05, 4.69) is 32.7 Å². The van der Waals surface area contributed by atoms with Crippen LogP contribution in [0.2, 0.25) is 0 Å². The van der Waals surface area contributed by atoms with Crippen LogP contribution < -0.4 is 5.32 Å². The maximum absolute atomic E-state index is 5.89. The number of ether oxygens (including phenoxy) is 1. The molecule has 1 N–H and O–H groups in total. The van der Waals surface area contributed by atoms with Crippen LogP contribution >= 0.6 is 0 Å². The van der Waals surface area contributed by atoms with E-state index in [1.54, 1.807) is 0 Å². The van der Waals surface area contributed by atoms with Crippen LogP contribution in [0.15, 0.2) is 12.7 Å². The molecule has 0 radical (unpaired) electrons. The van der Waals surface area contributed by atoms with Gasteiger partial charge < -0.3 is 10.1 Å². The molecule has 0 amide bonds. The van der Waals surface area contributed by atoms with E-state index < -0.39 is 0 Å². The lowest BCUT2D eigenvalue weighted by molar-refractivity contribution is -0.0759. The number of rotatable bonds is 6. The molecular weight excluding hydrogens is 210 g/mol. The zero-order valence-electron chi connectivity index (χ0n) is 12.0. The Morgan fingerprint density at radius 1 is 1.29 bits per heavy atom. The van der Waals surface area contributed by atoms with E-state index in [9.17, 15) is 0 Å². The average Bonchev–Trinajstić information content (AvgIpc) is 2.32. The standard InChI is InChI=1S/C15H29NO/c1-6-12-16-13(7-2)15(17-5)10-8-14(3,4)9-11-15/h7,13,16H,2,6,8-12H2,1,3-5H3. The first-order valence-corrected chi connectivity index (χ1v) is 6.91. The molecule has 1 aliphatic carbocycles. The van der Waals surface area contributed by atoms with Crippen LogP contribution in [0.5, 0.6) is 0 Å². The molecule has 100 valence electrons. The van der Waals surface area contributed by atoms with Gasteiger partial charge in [0.05, 0.1) is 11.6 Å². The van der Waals surface area contributed by atoms with Gasteiger partial charge in [-0.1, -0.05) is 26.8 Å². The van der Waals surface area contributed by atoms with Crippen LogP contribution in [0.3, 0.4) is 0 Å². The Labute approximate surface area is 107 Å². The Bertz CT molecular complexity index is 237. The normalized spacial score (nSPS) is 24.2. The topological polar surface area (TPSA) is 21.3 Å². The van der Waals surface area contributed by atoms with Gasteiger partial charge in [0.15, 0.2) is 0 Å². The quantitative estimate of drug-likeness (QED) is 0.716. The van der Waals surface area contributed by atoms with Crippen molar-refractivity contribution in [1.82, 2.24) is 5.32 Å². The molecule has 17 heavy (non-hydrogen) atoms. The molecule has 1 atom stereocenters. The van der Waals surface area contributed by atoms with Gasteiger partial charge in [-0.15, -0.1) is 6.58 Å². The van der Waals surface area contributed by atoms with E-state index in [1.807, 2.05) is 13.2 Å². The van der Waals surface area contributed by atoms with Crippen molar-refractivity contribution in [1.29, 1.82) is 0 Å². The minimum atomic E-state index is -0.0353. The molecule has 1 fully saturated rings. The highest BCUT2D eigenvalue weighted by atomic mass is 16.5. The van der Waals surface area contributed by atoms with Crippen molar-refractivity contribution in [3.8, 4) is 0 Å². The average molecular weight is 239 g/mol. The van der Waals surface area contributed by atoms with Crippen molar-refractivity contribution >= 4 is 0 Å². The Hall–Kier alpha value is -0.340. The summed E-state index contributed by atoms with van der Waals surface area (Å²) in [5.41, 5.74) is 0.435. The Kier molecular flexibility index (Phi) is 5.21. The summed E-state index contributed by atoms with van der Waals surface area (Å²) in [6, 6.07) is 0.281. The first-order valence-electron chi connectivity index (χ1n) is 6.91. The molecule has 0 aliphatic heterocycles. The second-order valence-corrected chi connectivity index (χ2v) is 6.10. The maximum atomic E-state index is 5.89. The van der Waals surface area contributed by atoms with Crippen LogP contribution in [-0.4, -0.2) is 25.3 Å². The molecule has 2 heteroatoms. The third-order valence-electron chi connectivity index (χ3n) is 4.27. The van der Waals surface area contributed by atoms with Crippen molar-refractivity contribution in [2.75, 3.05) is 13.7 Å². The van der Waals surface area contributed by atoms with Gasteiger partial charge in [-0.25, -0.2) is 0 Å². The van der Waals surface area contributed by atoms with Gasteiger partial charge >= 0.3 is 0 Å². The molecule has 1 saturated carbocycles. The van der Waals surface area contributed by atoms with Crippen LogP contribution in [0.25, 0.3) is 0 Å². The Balaban J connectivity index is 2.70. The van der Waals surface area contributed by atoms with E-state index in [0.29, 0.717) is 5.41 Å². The summed E-state index contributed by atoms with van der Waals surface area (Å²) in [5.74, 6) is 0. The lowest BCUT2D eigenvalue weighted by Gasteiger charge is -2.46. The Morgan fingerprint density at radius 2 is 1.88 bits per heavy atom. The summed E-state index contributed by atoms with van der Waals surface area (Å²) < 4.78 is 5.89. The first-order chi connectivity index (χ1) is 7.99. The van der Waals surface area contributed by atoms with Crippen molar-refractivity contribution in [3.63, 3.8) is 0 Å². The van der Waals surface area contributed by atoms with Crippen LogP contribution in [-0.2, 0) is 4.74 Å². The summed E-state index contributed by atoms with van der Waals surface area (Å²) in [4.78, 5) is 0. The largest absolute Gasteiger partial charge is 0.376 e. The van der Waals surface area contributed by atoms with Gasteiger partial charge in [-0.2, -0.15) is 0 Å². The van der Waals surface area contributed by atoms with Gasteiger partial charge in [-0.3, -0.25) is 0 Å². The molecule has 0 heterocycles. The minimum Gasteiger partial charge on any atom is -0.376 e. The number of nitrogens with one attached hydrogen (secondary N) is 1. The summed E-state index contributed by atoms with van der Waals surface area (Å²) in [6.07, 6.45) is 7.90. The fourth-order valence-electron chi connectivity index (χ4n) is 2.78. The number of methoxy groups -OCH3 is 1. The fraction of sp³-hybridized carbons (Fsp3) is 0.867. The zero-order valence-corrected chi connectivity index (χ0v) is 12.0. The summed E-state index contributed by atoms with van der Waals surface area (Å²) in [5, 5.41) is 3.56. The SMILES string of the molecule is C=CC(NCCC)C1(OC)CCC(C)(C)CC1. The lowest BCUT2D eigenvalue weighted by Crippen LogP contribution is -2.53. The van der Waals surface area contributed by atoms with Gasteiger partial charge in [0, 0.05) is 7.11 Å². The highest BCUT2D eigenvalue weighted by Crippen LogP contribution is 2.43. The number of hydrogen-bond donors (Lipinski definition) is 1. The molecule has 0 spiro atoms. The molecule has 0 aromatic rings. The van der Waals surface area contributed by atoms with E-state index in [4.69, 9.17) is 4.74 Å². The van der Waals surface area contributed by atoms with E-state index >= 15 is 0 Å². The van der Waals surface area contributed by atoms with Crippen LogP contribution in [0, 0.1) is 5.41 Å². The van der Waals surface area contributed by atoms with Gasteiger partial charge in [0.1, 0.15) is 0 Å². The molecule has 0 saturated heterocycles. The van der Waals surface area contributed by atoms with Crippen molar-refractivity contribution in [2.24, 2.45) is 5.41 Å².